The van der Waals surface area contributed by atoms with E-state index in [1.807, 2.05) is 5.92 Å². The molecule has 0 aliphatic heterocycles. The van der Waals surface area contributed by atoms with E-state index in [1.165, 1.54) is 12.8 Å². The molecule has 20 heavy (non-hydrogen) atoms. The van der Waals surface area contributed by atoms with Crippen molar-refractivity contribution in [3.63, 3.8) is 0 Å². The number of halogens is 5. The molecule has 0 radical (unpaired) electrons. The molecule has 0 amide bonds. The van der Waals surface area contributed by atoms with Gasteiger partial charge in [-0.15, -0.1) is 0 Å². The molecule has 0 heterocycles. The molecule has 0 saturated carbocycles. The van der Waals surface area contributed by atoms with Gasteiger partial charge in [0.1, 0.15) is 0 Å². The van der Waals surface area contributed by atoms with Crippen molar-refractivity contribution in [1.29, 1.82) is 0 Å². The van der Waals surface area contributed by atoms with Gasteiger partial charge in [0.25, 0.3) is 0 Å². The number of carbonyl (C=O) groups excluding carboxylic acids is 1. The van der Waals surface area contributed by atoms with Crippen LogP contribution in [0.15, 0.2) is 24.3 Å². The first-order valence-corrected chi connectivity index (χ1v) is 5.42. The first kappa shape index (κ1) is 16.0. The second-order valence-electron chi connectivity index (χ2n) is 3.62. The topological polar surface area (TPSA) is 26.3 Å². The van der Waals surface area contributed by atoms with E-state index in [9.17, 15) is 26.7 Å². The first-order valence-electron chi connectivity index (χ1n) is 5.42. The van der Waals surface area contributed by atoms with Gasteiger partial charge in [-0.1, -0.05) is 5.92 Å². The monoisotopic (exact) mass is 292 g/mol. The van der Waals surface area contributed by atoms with Crippen molar-refractivity contribution in [2.75, 3.05) is 6.61 Å². The standard InChI is InChI=1S/C13H9F5O2/c1-2-20-11(19)12(14,15)8-7-9-3-5-10(6-4-9)13(16,17)18/h3-6H,2H2,1H3. The van der Waals surface area contributed by atoms with Crippen molar-refractivity contribution in [1.82, 2.24) is 0 Å². The van der Waals surface area contributed by atoms with Crippen molar-refractivity contribution >= 4 is 5.97 Å². The summed E-state index contributed by atoms with van der Waals surface area (Å²) in [5.74, 6) is -2.48. The molecule has 0 aromatic heterocycles. The lowest BCUT2D eigenvalue weighted by atomic mass is 10.1. The number of ether oxygens (including phenoxy) is 1. The number of alkyl halides is 5. The van der Waals surface area contributed by atoms with Gasteiger partial charge >= 0.3 is 18.1 Å². The van der Waals surface area contributed by atoms with Crippen LogP contribution in [0, 0.1) is 11.8 Å². The number of rotatable bonds is 2. The first-order chi connectivity index (χ1) is 9.16. The summed E-state index contributed by atoms with van der Waals surface area (Å²) < 4.78 is 67.2. The summed E-state index contributed by atoms with van der Waals surface area (Å²) in [6.07, 6.45) is -4.51. The molecular weight excluding hydrogens is 283 g/mol. The van der Waals surface area contributed by atoms with Crippen molar-refractivity contribution < 1.29 is 31.5 Å². The van der Waals surface area contributed by atoms with Crippen molar-refractivity contribution in [3.8, 4) is 11.8 Å². The van der Waals surface area contributed by atoms with Crippen molar-refractivity contribution in [2.24, 2.45) is 0 Å². The van der Waals surface area contributed by atoms with Gasteiger partial charge in [-0.2, -0.15) is 22.0 Å². The Hall–Kier alpha value is -2.10. The Morgan fingerprint density at radius 1 is 1.15 bits per heavy atom. The summed E-state index contributed by atoms with van der Waals surface area (Å²) in [6, 6.07) is 3.31. The summed E-state index contributed by atoms with van der Waals surface area (Å²) in [5, 5.41) is 0. The van der Waals surface area contributed by atoms with E-state index in [-0.39, 0.29) is 12.2 Å². The zero-order chi connectivity index (χ0) is 15.4. The van der Waals surface area contributed by atoms with Gasteiger partial charge in [0.2, 0.25) is 0 Å². The van der Waals surface area contributed by atoms with Gasteiger partial charge in [0.15, 0.2) is 0 Å². The zero-order valence-corrected chi connectivity index (χ0v) is 10.2. The van der Waals surface area contributed by atoms with E-state index in [0.717, 1.165) is 12.1 Å². The summed E-state index contributed by atoms with van der Waals surface area (Å²) >= 11 is 0. The lowest BCUT2D eigenvalue weighted by Crippen LogP contribution is -2.29. The summed E-state index contributed by atoms with van der Waals surface area (Å²) in [6.45, 7) is 1.13. The second kappa shape index (κ2) is 5.90. The van der Waals surface area contributed by atoms with Gasteiger partial charge in [0.05, 0.1) is 12.2 Å². The highest BCUT2D eigenvalue weighted by Gasteiger charge is 2.38. The summed E-state index contributed by atoms with van der Waals surface area (Å²) in [7, 11) is 0. The molecule has 108 valence electrons. The number of hydrogen-bond acceptors (Lipinski definition) is 2. The highest BCUT2D eigenvalue weighted by atomic mass is 19.4. The molecule has 0 unspecified atom stereocenters. The minimum Gasteiger partial charge on any atom is -0.461 e. The van der Waals surface area contributed by atoms with Crippen LogP contribution in [0.4, 0.5) is 22.0 Å². The van der Waals surface area contributed by atoms with Crippen LogP contribution in [-0.2, 0) is 15.7 Å². The van der Waals surface area contributed by atoms with Crippen molar-refractivity contribution in [3.05, 3.63) is 35.4 Å². The maximum absolute atomic E-state index is 13.1. The second-order valence-corrected chi connectivity index (χ2v) is 3.62. The van der Waals surface area contributed by atoms with Crippen LogP contribution >= 0.6 is 0 Å². The third-order valence-corrected chi connectivity index (χ3v) is 2.11. The lowest BCUT2D eigenvalue weighted by molar-refractivity contribution is -0.163. The largest absolute Gasteiger partial charge is 0.461 e. The summed E-state index contributed by atoms with van der Waals surface area (Å²) in [4.78, 5) is 10.8. The van der Waals surface area contributed by atoms with Gasteiger partial charge in [-0.05, 0) is 37.1 Å². The predicted octanol–water partition coefficient (Wildman–Crippen LogP) is 3.26. The van der Waals surface area contributed by atoms with E-state index >= 15 is 0 Å². The number of esters is 1. The van der Waals surface area contributed by atoms with Crippen LogP contribution in [0.5, 0.6) is 0 Å². The third-order valence-electron chi connectivity index (χ3n) is 2.11. The lowest BCUT2D eigenvalue weighted by Gasteiger charge is -2.07. The van der Waals surface area contributed by atoms with Crippen LogP contribution < -0.4 is 0 Å². The fraction of sp³-hybridized carbons (Fsp3) is 0.308. The molecule has 2 nitrogen and oxygen atoms in total. The Kier molecular flexibility index (Phi) is 4.71. The molecular formula is C13H9F5O2. The van der Waals surface area contributed by atoms with Crippen LogP contribution in [0.3, 0.4) is 0 Å². The zero-order valence-electron chi connectivity index (χ0n) is 10.2. The van der Waals surface area contributed by atoms with E-state index in [1.54, 1.807) is 0 Å². The molecule has 0 bridgehead atoms. The van der Waals surface area contributed by atoms with E-state index in [4.69, 9.17) is 0 Å². The molecule has 0 atom stereocenters. The molecule has 1 aromatic rings. The van der Waals surface area contributed by atoms with Gasteiger partial charge in [0, 0.05) is 5.56 Å². The Balaban J connectivity index is 2.90. The molecule has 1 aromatic carbocycles. The normalized spacial score (nSPS) is 11.5. The summed E-state index contributed by atoms with van der Waals surface area (Å²) in [5.41, 5.74) is -0.984. The molecule has 0 aliphatic carbocycles. The van der Waals surface area contributed by atoms with Crippen molar-refractivity contribution in [2.45, 2.75) is 19.0 Å². The van der Waals surface area contributed by atoms with Gasteiger partial charge < -0.3 is 4.74 Å². The van der Waals surface area contributed by atoms with Crippen LogP contribution in [0.2, 0.25) is 0 Å². The van der Waals surface area contributed by atoms with E-state index in [0.29, 0.717) is 12.1 Å². The number of carbonyl (C=O) groups is 1. The number of benzene rings is 1. The minimum atomic E-state index is -4.51. The molecule has 0 spiro atoms. The Morgan fingerprint density at radius 2 is 1.70 bits per heavy atom. The van der Waals surface area contributed by atoms with Crippen LogP contribution in [0.1, 0.15) is 18.1 Å². The molecule has 1 rings (SSSR count). The smallest absolute Gasteiger partial charge is 0.416 e. The molecule has 7 heteroatoms. The van der Waals surface area contributed by atoms with Gasteiger partial charge in [-0.3, -0.25) is 0 Å². The predicted molar refractivity (Wildman–Crippen MR) is 59.9 cm³/mol. The maximum atomic E-state index is 13.1. The van der Waals surface area contributed by atoms with E-state index in [2.05, 4.69) is 4.74 Å². The van der Waals surface area contributed by atoms with Crippen LogP contribution in [0.25, 0.3) is 0 Å². The Bertz CT molecular complexity index is 535. The average molecular weight is 292 g/mol. The minimum absolute atomic E-state index is 0.0676. The molecule has 0 aliphatic rings. The highest BCUT2D eigenvalue weighted by molar-refractivity contribution is 5.81. The van der Waals surface area contributed by atoms with Crippen LogP contribution in [-0.4, -0.2) is 18.5 Å². The SMILES string of the molecule is CCOC(=O)C(F)(F)C#Cc1ccc(C(F)(F)F)cc1. The van der Waals surface area contributed by atoms with E-state index < -0.39 is 23.6 Å². The quantitative estimate of drug-likeness (QED) is 0.475. The van der Waals surface area contributed by atoms with Gasteiger partial charge in [-0.25, -0.2) is 4.79 Å². The molecule has 0 saturated heterocycles. The fourth-order valence-corrected chi connectivity index (χ4v) is 1.17. The Labute approximate surface area is 111 Å². The molecule has 0 N–H and O–H groups in total. The highest BCUT2D eigenvalue weighted by Crippen LogP contribution is 2.29. The third kappa shape index (κ3) is 4.23. The fourth-order valence-electron chi connectivity index (χ4n) is 1.17. The Morgan fingerprint density at radius 3 is 2.15 bits per heavy atom. The number of hydrogen-bond donors (Lipinski definition) is 0. The maximum Gasteiger partial charge on any atom is 0.416 e. The molecule has 0 fully saturated rings. The average Bonchev–Trinajstić information content (AvgIpc) is 2.36.